The Morgan fingerprint density at radius 1 is 1.25 bits per heavy atom. The van der Waals surface area contributed by atoms with Gasteiger partial charge in [-0.15, -0.1) is 0 Å². The van der Waals surface area contributed by atoms with Crippen LogP contribution in [0.1, 0.15) is 53.5 Å². The number of nitrogens with zero attached hydrogens (tertiary/aromatic N) is 1. The van der Waals surface area contributed by atoms with Gasteiger partial charge >= 0.3 is 5.97 Å². The molecular formula is C27H45NO7Si. The van der Waals surface area contributed by atoms with Crippen LogP contribution in [0.15, 0.2) is 30.3 Å². The molecule has 0 aliphatic carbocycles. The van der Waals surface area contributed by atoms with Crippen LogP contribution in [0.5, 0.6) is 0 Å². The van der Waals surface area contributed by atoms with E-state index in [1.165, 1.54) is 7.11 Å². The lowest BCUT2D eigenvalue weighted by atomic mass is 9.82. The van der Waals surface area contributed by atoms with Gasteiger partial charge in [-0.25, -0.2) is 4.79 Å². The van der Waals surface area contributed by atoms with Gasteiger partial charge in [0.05, 0.1) is 32.0 Å². The summed E-state index contributed by atoms with van der Waals surface area (Å²) < 4.78 is 24.2. The summed E-state index contributed by atoms with van der Waals surface area (Å²) >= 11 is 0. The van der Waals surface area contributed by atoms with Gasteiger partial charge in [0, 0.05) is 13.0 Å². The van der Waals surface area contributed by atoms with Crippen molar-refractivity contribution < 1.29 is 33.4 Å². The number of hydroxylamine groups is 2. The van der Waals surface area contributed by atoms with Gasteiger partial charge in [0.2, 0.25) is 5.60 Å². The molecular weight excluding hydrogens is 478 g/mol. The van der Waals surface area contributed by atoms with E-state index in [0.717, 1.165) is 5.56 Å². The molecule has 1 N–H and O–H groups in total. The maximum Gasteiger partial charge on any atom is 0.343 e. The molecule has 36 heavy (non-hydrogen) atoms. The van der Waals surface area contributed by atoms with Gasteiger partial charge in [0.1, 0.15) is 6.10 Å². The molecule has 2 fully saturated rings. The van der Waals surface area contributed by atoms with Crippen LogP contribution < -0.4 is 0 Å². The highest BCUT2D eigenvalue weighted by atomic mass is 28.4. The lowest BCUT2D eigenvalue weighted by molar-refractivity contribution is -0.284. The number of esters is 1. The maximum atomic E-state index is 13.2. The summed E-state index contributed by atoms with van der Waals surface area (Å²) in [5.41, 5.74) is -0.529. The molecule has 0 aromatic heterocycles. The number of carbonyl (C=O) groups is 1. The molecule has 2 heterocycles. The van der Waals surface area contributed by atoms with Crippen molar-refractivity contribution in [2.45, 2.75) is 109 Å². The third-order valence-corrected chi connectivity index (χ3v) is 12.3. The Hall–Kier alpha value is -1.33. The van der Waals surface area contributed by atoms with E-state index in [2.05, 4.69) is 33.9 Å². The van der Waals surface area contributed by atoms with Crippen molar-refractivity contribution in [1.29, 1.82) is 0 Å². The normalized spacial score (nSPS) is 31.0. The Balaban J connectivity index is 2.02. The van der Waals surface area contributed by atoms with Gasteiger partial charge in [0.25, 0.3) is 0 Å². The topological polar surface area (TPSA) is 86.7 Å². The van der Waals surface area contributed by atoms with Crippen LogP contribution in [0.3, 0.4) is 0 Å². The smallest absolute Gasteiger partial charge is 0.343 e. The second kappa shape index (κ2) is 11.2. The Bertz CT molecular complexity index is 875. The first-order valence-corrected chi connectivity index (χ1v) is 15.8. The lowest BCUT2D eigenvalue weighted by Gasteiger charge is -2.46. The first kappa shape index (κ1) is 29.2. The zero-order valence-electron chi connectivity index (χ0n) is 23.3. The minimum atomic E-state index is -2.17. The second-order valence-electron chi connectivity index (χ2n) is 11.9. The van der Waals surface area contributed by atoms with Gasteiger partial charge in [-0.1, -0.05) is 65.0 Å². The van der Waals surface area contributed by atoms with E-state index < -0.39 is 38.4 Å². The van der Waals surface area contributed by atoms with E-state index in [9.17, 15) is 9.90 Å². The van der Waals surface area contributed by atoms with Gasteiger partial charge in [-0.3, -0.25) is 4.84 Å². The molecule has 6 atom stereocenters. The number of ether oxygens (including phenoxy) is 3. The minimum absolute atomic E-state index is 0.000125. The molecule has 204 valence electrons. The summed E-state index contributed by atoms with van der Waals surface area (Å²) in [6.45, 7) is 17.4. The number of rotatable bonds is 8. The van der Waals surface area contributed by atoms with Gasteiger partial charge < -0.3 is 23.7 Å². The van der Waals surface area contributed by atoms with Crippen LogP contribution >= 0.6 is 0 Å². The van der Waals surface area contributed by atoms with Gasteiger partial charge in [0.15, 0.2) is 14.6 Å². The molecule has 2 aliphatic rings. The van der Waals surface area contributed by atoms with Crippen molar-refractivity contribution in [1.82, 2.24) is 5.06 Å². The molecule has 0 unspecified atom stereocenters. The number of aliphatic hydroxyl groups excluding tert-OH is 1. The zero-order valence-corrected chi connectivity index (χ0v) is 24.3. The van der Waals surface area contributed by atoms with Crippen LogP contribution in [0.2, 0.25) is 18.1 Å². The van der Waals surface area contributed by atoms with E-state index >= 15 is 0 Å². The molecule has 8 nitrogen and oxygen atoms in total. The zero-order chi connectivity index (χ0) is 26.9. The summed E-state index contributed by atoms with van der Waals surface area (Å²) in [4.78, 5) is 19.6. The number of methoxy groups -OCH3 is 1. The number of hydrogen-bond acceptors (Lipinski definition) is 8. The number of benzene rings is 1. The van der Waals surface area contributed by atoms with Crippen LogP contribution in [-0.2, 0) is 34.8 Å². The SMILES string of the molecule is COC(=O)[C@@]1([C@@H](O)C(C)C)C[C@@H]([C@@H]2O[C@H](C)OC[C@H]2O[Si](C)(C)C(C)(C)C)N(Cc2ccccc2)O1. The Labute approximate surface area is 217 Å². The average molecular weight is 524 g/mol. The fourth-order valence-electron chi connectivity index (χ4n) is 4.72. The molecule has 2 saturated heterocycles. The molecule has 0 radical (unpaired) electrons. The van der Waals surface area contributed by atoms with E-state index in [4.69, 9.17) is 23.5 Å². The fraction of sp³-hybridized carbons (Fsp3) is 0.741. The molecule has 3 rings (SSSR count). The summed E-state index contributed by atoms with van der Waals surface area (Å²) in [5, 5.41) is 13.0. The van der Waals surface area contributed by atoms with Crippen LogP contribution in [0, 0.1) is 5.92 Å². The van der Waals surface area contributed by atoms with Crippen LogP contribution in [-0.4, -0.2) is 74.4 Å². The van der Waals surface area contributed by atoms with Gasteiger partial charge in [-0.2, -0.15) is 5.06 Å². The number of aliphatic hydroxyl groups is 1. The third-order valence-electron chi connectivity index (χ3n) is 7.83. The first-order chi connectivity index (χ1) is 16.7. The van der Waals surface area contributed by atoms with Crippen LogP contribution in [0.25, 0.3) is 0 Å². The van der Waals surface area contributed by atoms with Crippen molar-refractivity contribution in [3.8, 4) is 0 Å². The van der Waals surface area contributed by atoms with Crippen molar-refractivity contribution in [3.05, 3.63) is 35.9 Å². The molecule has 2 aliphatic heterocycles. The van der Waals surface area contributed by atoms with Crippen molar-refractivity contribution in [3.63, 3.8) is 0 Å². The van der Waals surface area contributed by atoms with Crippen LogP contribution in [0.4, 0.5) is 0 Å². The standard InChI is InChI=1S/C27H45NO7Si/c1-18(2)24(29)27(25(30)31-7)15-21(28(35-27)16-20-13-11-10-12-14-20)23-22(17-32-19(3)33-23)34-36(8,9)26(4,5)6/h10-14,18-19,21-24,29H,15-17H2,1-9H3/t19-,21+,22-,23+,24+,27+/m1/s1. The van der Waals surface area contributed by atoms with Crippen molar-refractivity contribution in [2.24, 2.45) is 5.92 Å². The van der Waals surface area contributed by atoms with E-state index in [-0.39, 0.29) is 29.5 Å². The quantitative estimate of drug-likeness (QED) is 0.399. The highest BCUT2D eigenvalue weighted by Crippen LogP contribution is 2.44. The minimum Gasteiger partial charge on any atom is -0.467 e. The molecule has 1 aromatic carbocycles. The van der Waals surface area contributed by atoms with Crippen molar-refractivity contribution in [2.75, 3.05) is 13.7 Å². The molecule has 0 bridgehead atoms. The van der Waals surface area contributed by atoms with Crippen molar-refractivity contribution >= 4 is 14.3 Å². The molecule has 1 aromatic rings. The summed E-state index contributed by atoms with van der Waals surface area (Å²) in [6, 6.07) is 9.53. The summed E-state index contributed by atoms with van der Waals surface area (Å²) in [5.74, 6) is -0.818. The second-order valence-corrected chi connectivity index (χ2v) is 16.7. The maximum absolute atomic E-state index is 13.2. The molecule has 0 saturated carbocycles. The molecule has 0 spiro atoms. The lowest BCUT2D eigenvalue weighted by Crippen LogP contribution is -2.58. The summed E-state index contributed by atoms with van der Waals surface area (Å²) in [7, 11) is -0.843. The Morgan fingerprint density at radius 2 is 1.89 bits per heavy atom. The number of hydrogen-bond donors (Lipinski definition) is 1. The van der Waals surface area contributed by atoms with E-state index in [0.29, 0.717) is 13.2 Å². The van der Waals surface area contributed by atoms with E-state index in [1.54, 1.807) is 5.06 Å². The fourth-order valence-corrected chi connectivity index (χ4v) is 6.03. The summed E-state index contributed by atoms with van der Waals surface area (Å²) in [6.07, 6.45) is -2.07. The number of carbonyl (C=O) groups excluding carboxylic acids is 1. The monoisotopic (exact) mass is 523 g/mol. The largest absolute Gasteiger partial charge is 0.467 e. The predicted molar refractivity (Wildman–Crippen MR) is 139 cm³/mol. The third kappa shape index (κ3) is 6.04. The highest BCUT2D eigenvalue weighted by molar-refractivity contribution is 6.74. The highest BCUT2D eigenvalue weighted by Gasteiger charge is 2.61. The first-order valence-electron chi connectivity index (χ1n) is 12.9. The Kier molecular flexibility index (Phi) is 9.08. The molecule has 9 heteroatoms. The average Bonchev–Trinajstić information content (AvgIpc) is 3.19. The predicted octanol–water partition coefficient (Wildman–Crippen LogP) is 4.27. The molecule has 0 amide bonds. The van der Waals surface area contributed by atoms with E-state index in [1.807, 2.05) is 51.1 Å². The van der Waals surface area contributed by atoms with Gasteiger partial charge in [-0.05, 0) is 36.5 Å². The Morgan fingerprint density at radius 3 is 2.44 bits per heavy atom.